The number of hydrogen-bond acceptors (Lipinski definition) is 2. The van der Waals surface area contributed by atoms with Gasteiger partial charge < -0.3 is 4.52 Å². The standard InChI is InChI=1S/C13H28FO2P/c1-3-5-6-7-8-9-10-11-12-16-17(14,15)13-4-2/h3-13H2,1-2H3. The first-order chi connectivity index (χ1) is 8.12. The van der Waals surface area contributed by atoms with E-state index in [1.54, 1.807) is 0 Å². The molecule has 0 fully saturated rings. The molecule has 0 rings (SSSR count). The molecule has 1 atom stereocenters. The van der Waals surface area contributed by atoms with E-state index in [0.29, 0.717) is 13.0 Å². The van der Waals surface area contributed by atoms with Gasteiger partial charge in [0.15, 0.2) is 0 Å². The van der Waals surface area contributed by atoms with E-state index in [-0.39, 0.29) is 6.16 Å². The monoisotopic (exact) mass is 266 g/mol. The van der Waals surface area contributed by atoms with Crippen molar-refractivity contribution < 1.29 is 13.3 Å². The maximum atomic E-state index is 13.1. The number of hydrogen-bond donors (Lipinski definition) is 0. The minimum Gasteiger partial charge on any atom is -0.306 e. The van der Waals surface area contributed by atoms with Crippen LogP contribution < -0.4 is 0 Å². The van der Waals surface area contributed by atoms with Gasteiger partial charge in [-0.05, 0) is 12.8 Å². The average molecular weight is 266 g/mol. The van der Waals surface area contributed by atoms with Gasteiger partial charge in [0.2, 0.25) is 0 Å². The molecule has 104 valence electrons. The maximum absolute atomic E-state index is 13.1. The van der Waals surface area contributed by atoms with Crippen LogP contribution in [0.15, 0.2) is 0 Å². The van der Waals surface area contributed by atoms with Gasteiger partial charge in [0.25, 0.3) is 0 Å². The molecule has 0 aliphatic rings. The third-order valence-corrected chi connectivity index (χ3v) is 4.32. The van der Waals surface area contributed by atoms with E-state index in [1.807, 2.05) is 6.92 Å². The van der Waals surface area contributed by atoms with Gasteiger partial charge in [-0.1, -0.05) is 58.8 Å². The summed E-state index contributed by atoms with van der Waals surface area (Å²) in [4.78, 5) is 0. The summed E-state index contributed by atoms with van der Waals surface area (Å²) < 4.78 is 29.1. The summed E-state index contributed by atoms with van der Waals surface area (Å²) in [5.74, 6) is 0. The van der Waals surface area contributed by atoms with Crippen molar-refractivity contribution in [3.63, 3.8) is 0 Å². The molecule has 0 radical (unpaired) electrons. The Morgan fingerprint density at radius 1 is 0.882 bits per heavy atom. The van der Waals surface area contributed by atoms with Gasteiger partial charge >= 0.3 is 7.68 Å². The van der Waals surface area contributed by atoms with Crippen molar-refractivity contribution in [1.82, 2.24) is 0 Å². The van der Waals surface area contributed by atoms with Gasteiger partial charge in [0.1, 0.15) is 0 Å². The van der Waals surface area contributed by atoms with Crippen LogP contribution in [0.5, 0.6) is 0 Å². The van der Waals surface area contributed by atoms with Gasteiger partial charge in [0.05, 0.1) is 12.8 Å². The molecule has 0 N–H and O–H groups in total. The van der Waals surface area contributed by atoms with Crippen molar-refractivity contribution in [2.45, 2.75) is 71.6 Å². The first kappa shape index (κ1) is 17.1. The number of halogens is 1. The molecule has 0 aliphatic carbocycles. The number of unbranched alkanes of at least 4 members (excludes halogenated alkanes) is 7. The van der Waals surface area contributed by atoms with E-state index in [1.165, 1.54) is 38.5 Å². The van der Waals surface area contributed by atoms with Crippen LogP contribution in [0.3, 0.4) is 0 Å². The van der Waals surface area contributed by atoms with Crippen molar-refractivity contribution in [3.8, 4) is 0 Å². The molecular weight excluding hydrogens is 238 g/mol. The Bertz CT molecular complexity index is 210. The summed E-state index contributed by atoms with van der Waals surface area (Å²) in [7, 11) is -3.76. The van der Waals surface area contributed by atoms with E-state index in [4.69, 9.17) is 4.52 Å². The molecule has 0 bridgehead atoms. The average Bonchev–Trinajstić information content (AvgIpc) is 2.27. The third-order valence-electron chi connectivity index (χ3n) is 2.77. The topological polar surface area (TPSA) is 26.3 Å². The van der Waals surface area contributed by atoms with Crippen LogP contribution in [0.25, 0.3) is 0 Å². The first-order valence-corrected chi connectivity index (χ1v) is 8.75. The SMILES string of the molecule is CCCCCCCCCCOP(=O)(F)CCC. The first-order valence-electron chi connectivity index (χ1n) is 7.05. The highest BCUT2D eigenvalue weighted by Gasteiger charge is 2.19. The minimum atomic E-state index is -3.76. The summed E-state index contributed by atoms with van der Waals surface area (Å²) >= 11 is 0. The third kappa shape index (κ3) is 12.4. The van der Waals surface area contributed by atoms with Gasteiger partial charge in [0, 0.05) is 0 Å². The zero-order valence-electron chi connectivity index (χ0n) is 11.4. The van der Waals surface area contributed by atoms with Crippen molar-refractivity contribution in [2.75, 3.05) is 12.8 Å². The fourth-order valence-corrected chi connectivity index (χ4v) is 2.83. The highest BCUT2D eigenvalue weighted by molar-refractivity contribution is 7.53. The molecule has 1 unspecified atom stereocenters. The Morgan fingerprint density at radius 3 is 1.94 bits per heavy atom. The highest BCUT2D eigenvalue weighted by Crippen LogP contribution is 2.49. The van der Waals surface area contributed by atoms with Crippen LogP contribution in [0.1, 0.15) is 71.6 Å². The second kappa shape index (κ2) is 11.2. The van der Waals surface area contributed by atoms with Crippen molar-refractivity contribution in [3.05, 3.63) is 0 Å². The molecule has 2 nitrogen and oxygen atoms in total. The smallest absolute Gasteiger partial charge is 0.306 e. The Kier molecular flexibility index (Phi) is 11.3. The van der Waals surface area contributed by atoms with Crippen LogP contribution in [0, 0.1) is 0 Å². The van der Waals surface area contributed by atoms with E-state index in [9.17, 15) is 8.76 Å². The normalized spacial score (nSPS) is 14.8. The minimum absolute atomic E-state index is 0.0595. The summed E-state index contributed by atoms with van der Waals surface area (Å²) in [6, 6.07) is 0. The lowest BCUT2D eigenvalue weighted by Gasteiger charge is -2.08. The molecule has 4 heteroatoms. The lowest BCUT2D eigenvalue weighted by Crippen LogP contribution is -1.93. The fourth-order valence-electron chi connectivity index (χ4n) is 1.77. The van der Waals surface area contributed by atoms with Gasteiger partial charge in [-0.15, -0.1) is 0 Å². The summed E-state index contributed by atoms with van der Waals surface area (Å²) in [6.07, 6.45) is 10.2. The maximum Gasteiger partial charge on any atom is 0.367 e. The van der Waals surface area contributed by atoms with Crippen molar-refractivity contribution in [2.24, 2.45) is 0 Å². The zero-order chi connectivity index (χ0) is 13.0. The van der Waals surface area contributed by atoms with Crippen LogP contribution in [-0.2, 0) is 9.09 Å². The molecule has 0 amide bonds. The molecule has 0 saturated carbocycles. The van der Waals surface area contributed by atoms with E-state index >= 15 is 0 Å². The van der Waals surface area contributed by atoms with Crippen LogP contribution in [-0.4, -0.2) is 12.8 Å². The predicted octanol–water partition coefficient (Wildman–Crippen LogP) is 5.72. The summed E-state index contributed by atoms with van der Waals surface area (Å²) in [5.41, 5.74) is 0. The van der Waals surface area contributed by atoms with E-state index in [0.717, 1.165) is 12.8 Å². The van der Waals surface area contributed by atoms with Gasteiger partial charge in [-0.3, -0.25) is 4.57 Å². The van der Waals surface area contributed by atoms with Crippen LogP contribution in [0.2, 0.25) is 0 Å². The lowest BCUT2D eigenvalue weighted by molar-refractivity contribution is 0.277. The van der Waals surface area contributed by atoms with Gasteiger partial charge in [-0.25, -0.2) is 0 Å². The quantitative estimate of drug-likeness (QED) is 0.334. The zero-order valence-corrected chi connectivity index (χ0v) is 12.3. The Morgan fingerprint density at radius 2 is 1.41 bits per heavy atom. The highest BCUT2D eigenvalue weighted by atomic mass is 31.2. The van der Waals surface area contributed by atoms with E-state index < -0.39 is 7.68 Å². The summed E-state index contributed by atoms with van der Waals surface area (Å²) in [6.45, 7) is 4.33. The second-order valence-corrected chi connectivity index (χ2v) is 6.51. The molecule has 17 heavy (non-hydrogen) atoms. The molecule has 0 aromatic rings. The second-order valence-electron chi connectivity index (χ2n) is 4.62. The molecule has 0 aromatic heterocycles. The Labute approximate surface area is 106 Å². The molecule has 0 spiro atoms. The molecule has 0 heterocycles. The largest absolute Gasteiger partial charge is 0.367 e. The molecule has 0 aromatic carbocycles. The van der Waals surface area contributed by atoms with Gasteiger partial charge in [-0.2, -0.15) is 4.20 Å². The molecule has 0 aliphatic heterocycles. The summed E-state index contributed by atoms with van der Waals surface area (Å²) in [5, 5.41) is 0. The Hall–Kier alpha value is 0.120. The molecule has 0 saturated heterocycles. The Balaban J connectivity index is 3.21. The van der Waals surface area contributed by atoms with Crippen LogP contribution in [0.4, 0.5) is 4.20 Å². The lowest BCUT2D eigenvalue weighted by atomic mass is 10.1. The number of rotatable bonds is 12. The van der Waals surface area contributed by atoms with Crippen molar-refractivity contribution in [1.29, 1.82) is 0 Å². The predicted molar refractivity (Wildman–Crippen MR) is 72.4 cm³/mol. The van der Waals surface area contributed by atoms with Crippen LogP contribution >= 0.6 is 7.68 Å². The van der Waals surface area contributed by atoms with Crippen molar-refractivity contribution >= 4 is 7.68 Å². The van der Waals surface area contributed by atoms with E-state index in [2.05, 4.69) is 6.92 Å². The fraction of sp³-hybridized carbons (Fsp3) is 1.00. The molecular formula is C13H28FO2P.